The van der Waals surface area contributed by atoms with Crippen LogP contribution in [0.25, 0.3) is 5.69 Å². The quantitative estimate of drug-likeness (QED) is 0.868. The van der Waals surface area contributed by atoms with Gasteiger partial charge in [0.1, 0.15) is 5.82 Å². The van der Waals surface area contributed by atoms with Crippen LogP contribution in [0, 0.1) is 24.7 Å². The Bertz CT molecular complexity index is 791. The number of hydrogen-bond donors (Lipinski definition) is 2. The Morgan fingerprint density at radius 2 is 1.69 bits per heavy atom. The van der Waals surface area contributed by atoms with Crippen LogP contribution in [0.1, 0.15) is 44.2 Å². The molecule has 1 aromatic heterocycles. The number of anilines is 1. The first-order chi connectivity index (χ1) is 12.6. The fraction of sp³-hybridized carbons (Fsp3) is 0.524. The van der Waals surface area contributed by atoms with Crippen LogP contribution in [-0.2, 0) is 0 Å². The van der Waals surface area contributed by atoms with Gasteiger partial charge in [0.25, 0.3) is 0 Å². The number of carbonyl (C=O) groups is 1. The molecule has 0 atom stereocenters. The molecule has 0 unspecified atom stereocenters. The molecule has 6 rings (SSSR count). The summed E-state index contributed by atoms with van der Waals surface area (Å²) in [5, 5.41) is 11.0. The highest BCUT2D eigenvalue weighted by molar-refractivity contribution is 5.89. The van der Waals surface area contributed by atoms with Crippen molar-refractivity contribution < 1.29 is 4.79 Å². The van der Waals surface area contributed by atoms with Crippen molar-refractivity contribution in [2.75, 3.05) is 5.32 Å². The van der Waals surface area contributed by atoms with Gasteiger partial charge in [-0.3, -0.25) is 5.32 Å². The van der Waals surface area contributed by atoms with Crippen LogP contribution < -0.4 is 10.6 Å². The molecular formula is C21H26N4O. The minimum Gasteiger partial charge on any atom is -0.332 e. The molecule has 4 aliphatic carbocycles. The second kappa shape index (κ2) is 5.86. The van der Waals surface area contributed by atoms with Crippen molar-refractivity contribution >= 4 is 11.8 Å². The number of rotatable bonds is 3. The maximum Gasteiger partial charge on any atom is 0.320 e. The molecule has 4 fully saturated rings. The van der Waals surface area contributed by atoms with E-state index in [-0.39, 0.29) is 11.6 Å². The van der Waals surface area contributed by atoms with Gasteiger partial charge in [0, 0.05) is 11.6 Å². The molecule has 0 spiro atoms. The third-order valence-electron chi connectivity index (χ3n) is 6.49. The van der Waals surface area contributed by atoms with Gasteiger partial charge in [-0.15, -0.1) is 0 Å². The first-order valence-electron chi connectivity index (χ1n) is 9.80. The second-order valence-corrected chi connectivity index (χ2v) is 8.70. The number of benzene rings is 1. The van der Waals surface area contributed by atoms with Crippen molar-refractivity contribution in [3.63, 3.8) is 0 Å². The summed E-state index contributed by atoms with van der Waals surface area (Å²) in [7, 11) is 0. The third-order valence-corrected chi connectivity index (χ3v) is 6.49. The van der Waals surface area contributed by atoms with E-state index in [1.165, 1.54) is 19.3 Å². The normalized spacial score (nSPS) is 31.8. The molecule has 26 heavy (non-hydrogen) atoms. The Morgan fingerprint density at radius 3 is 2.31 bits per heavy atom. The molecule has 2 N–H and O–H groups in total. The summed E-state index contributed by atoms with van der Waals surface area (Å²) in [4.78, 5) is 12.8. The molecule has 136 valence electrons. The fourth-order valence-corrected chi connectivity index (χ4v) is 6.01. The summed E-state index contributed by atoms with van der Waals surface area (Å²) in [6.07, 6.45) is 7.60. The molecule has 4 saturated carbocycles. The Labute approximate surface area is 154 Å². The highest BCUT2D eigenvalue weighted by atomic mass is 16.2. The van der Waals surface area contributed by atoms with E-state index in [2.05, 4.69) is 15.7 Å². The highest BCUT2D eigenvalue weighted by Crippen LogP contribution is 2.55. The van der Waals surface area contributed by atoms with Crippen LogP contribution in [0.15, 0.2) is 36.4 Å². The predicted octanol–water partition coefficient (Wildman–Crippen LogP) is 4.27. The van der Waals surface area contributed by atoms with Gasteiger partial charge >= 0.3 is 6.03 Å². The van der Waals surface area contributed by atoms with Crippen LogP contribution in [0.4, 0.5) is 10.6 Å². The molecule has 5 heteroatoms. The monoisotopic (exact) mass is 350 g/mol. The van der Waals surface area contributed by atoms with E-state index in [0.29, 0.717) is 0 Å². The number of carbonyl (C=O) groups excluding carboxylic acids is 1. The smallest absolute Gasteiger partial charge is 0.320 e. The number of urea groups is 1. The third kappa shape index (κ3) is 2.79. The summed E-state index contributed by atoms with van der Waals surface area (Å²) in [6, 6.07) is 11.8. The summed E-state index contributed by atoms with van der Waals surface area (Å²) >= 11 is 0. The minimum atomic E-state index is -0.0935. The highest BCUT2D eigenvalue weighted by Gasteiger charge is 2.51. The lowest BCUT2D eigenvalue weighted by atomic mass is 9.53. The van der Waals surface area contributed by atoms with E-state index >= 15 is 0 Å². The number of aromatic nitrogens is 2. The summed E-state index contributed by atoms with van der Waals surface area (Å²) in [5.74, 6) is 3.17. The van der Waals surface area contributed by atoms with Crippen molar-refractivity contribution in [1.29, 1.82) is 0 Å². The van der Waals surface area contributed by atoms with E-state index in [4.69, 9.17) is 0 Å². The Kier molecular flexibility index (Phi) is 3.59. The van der Waals surface area contributed by atoms with Crippen LogP contribution in [0.5, 0.6) is 0 Å². The summed E-state index contributed by atoms with van der Waals surface area (Å²) in [6.45, 7) is 1.95. The Hall–Kier alpha value is -2.30. The van der Waals surface area contributed by atoms with Crippen molar-refractivity contribution in [2.24, 2.45) is 17.8 Å². The van der Waals surface area contributed by atoms with Crippen LogP contribution in [-0.4, -0.2) is 21.4 Å². The minimum absolute atomic E-state index is 0.0193. The Morgan fingerprint density at radius 1 is 1.08 bits per heavy atom. The average Bonchev–Trinajstić information content (AvgIpc) is 2.94. The van der Waals surface area contributed by atoms with Crippen molar-refractivity contribution in [3.8, 4) is 5.69 Å². The predicted molar refractivity (Wildman–Crippen MR) is 101 cm³/mol. The Balaban J connectivity index is 1.34. The molecule has 2 aromatic rings. The van der Waals surface area contributed by atoms with Gasteiger partial charge in [0.15, 0.2) is 0 Å². The molecule has 0 radical (unpaired) electrons. The van der Waals surface area contributed by atoms with Crippen molar-refractivity contribution in [3.05, 3.63) is 42.1 Å². The average molecular weight is 350 g/mol. The van der Waals surface area contributed by atoms with Gasteiger partial charge in [0.2, 0.25) is 0 Å². The lowest BCUT2D eigenvalue weighted by Gasteiger charge is -2.56. The second-order valence-electron chi connectivity index (χ2n) is 8.70. The molecule has 4 bridgehead atoms. The molecule has 1 aromatic carbocycles. The SMILES string of the molecule is Cc1cc(NC(=O)NC23CC4CC(CC(C4)C2)C3)n(-c2ccccc2)n1. The fourth-order valence-electron chi connectivity index (χ4n) is 6.01. The zero-order chi connectivity index (χ0) is 17.7. The first kappa shape index (κ1) is 15.9. The number of nitrogens with zero attached hydrogens (tertiary/aromatic N) is 2. The lowest BCUT2D eigenvalue weighted by Crippen LogP contribution is -2.60. The zero-order valence-corrected chi connectivity index (χ0v) is 15.2. The van der Waals surface area contributed by atoms with Gasteiger partial charge in [-0.25, -0.2) is 9.48 Å². The van der Waals surface area contributed by atoms with E-state index in [0.717, 1.165) is 54.2 Å². The first-order valence-corrected chi connectivity index (χ1v) is 9.80. The largest absolute Gasteiger partial charge is 0.332 e. The maximum atomic E-state index is 12.8. The number of aryl methyl sites for hydroxylation is 1. The molecule has 5 nitrogen and oxygen atoms in total. The number of amides is 2. The molecular weight excluding hydrogens is 324 g/mol. The number of hydrogen-bond acceptors (Lipinski definition) is 2. The number of nitrogens with one attached hydrogen (secondary N) is 2. The van der Waals surface area contributed by atoms with Gasteiger partial charge in [-0.1, -0.05) is 18.2 Å². The van der Waals surface area contributed by atoms with Crippen LogP contribution in [0.3, 0.4) is 0 Å². The number of para-hydroxylation sites is 1. The van der Waals surface area contributed by atoms with E-state index in [9.17, 15) is 4.79 Å². The van der Waals surface area contributed by atoms with Crippen molar-refractivity contribution in [1.82, 2.24) is 15.1 Å². The van der Waals surface area contributed by atoms with Gasteiger partial charge in [0.05, 0.1) is 11.4 Å². The molecule has 1 heterocycles. The molecule has 0 aliphatic heterocycles. The van der Waals surface area contributed by atoms with E-state index < -0.39 is 0 Å². The summed E-state index contributed by atoms with van der Waals surface area (Å²) < 4.78 is 1.80. The van der Waals surface area contributed by atoms with E-state index in [1.54, 1.807) is 4.68 Å². The van der Waals surface area contributed by atoms with E-state index in [1.807, 2.05) is 43.3 Å². The summed E-state index contributed by atoms with van der Waals surface area (Å²) in [5.41, 5.74) is 1.86. The van der Waals surface area contributed by atoms with Gasteiger partial charge < -0.3 is 5.32 Å². The molecule has 2 amide bonds. The van der Waals surface area contributed by atoms with Crippen LogP contribution in [0.2, 0.25) is 0 Å². The topological polar surface area (TPSA) is 59.0 Å². The lowest BCUT2D eigenvalue weighted by molar-refractivity contribution is -0.0127. The molecule has 4 aliphatic rings. The van der Waals surface area contributed by atoms with Crippen LogP contribution >= 0.6 is 0 Å². The van der Waals surface area contributed by atoms with Crippen molar-refractivity contribution in [2.45, 2.75) is 51.0 Å². The van der Waals surface area contributed by atoms with Gasteiger partial charge in [-0.2, -0.15) is 5.10 Å². The zero-order valence-electron chi connectivity index (χ0n) is 15.2. The standard InChI is InChI=1S/C21H26N4O/c1-14-7-19(25(24-14)18-5-3-2-4-6-18)22-20(26)23-21-11-15-8-16(12-21)10-17(9-15)13-21/h2-7,15-17H,8-13H2,1H3,(H2,22,23,26). The molecule has 0 saturated heterocycles. The van der Waals surface area contributed by atoms with Gasteiger partial charge in [-0.05, 0) is 75.3 Å². The maximum absolute atomic E-state index is 12.8.